The molecular formula is C16H24N2O3. The molecule has 5 nitrogen and oxygen atoms in total. The Kier molecular flexibility index (Phi) is 8.12. The molecule has 116 valence electrons. The van der Waals surface area contributed by atoms with Gasteiger partial charge >= 0.3 is 0 Å². The van der Waals surface area contributed by atoms with Crippen LogP contribution in [0.25, 0.3) is 0 Å². The van der Waals surface area contributed by atoms with Gasteiger partial charge in [-0.1, -0.05) is 36.8 Å². The molecule has 1 aromatic carbocycles. The largest absolute Gasteiger partial charge is 0.394 e. The first kappa shape index (κ1) is 17.2. The number of aliphatic hydroxyl groups excluding tert-OH is 1. The molecule has 0 unspecified atom stereocenters. The van der Waals surface area contributed by atoms with Crippen LogP contribution in [0.2, 0.25) is 0 Å². The molecule has 0 heterocycles. The van der Waals surface area contributed by atoms with Gasteiger partial charge in [-0.15, -0.1) is 0 Å². The summed E-state index contributed by atoms with van der Waals surface area (Å²) in [4.78, 5) is 22.5. The standard InChI is InChI=1S/C16H24N2O3/c1-13(20)17-11-7-3-6-10-16(21)18-15(12-19)14-8-4-2-5-9-14/h2,4-5,8-9,15,19H,3,6-7,10-12H2,1H3,(H,17,20)(H,18,21)/t15-/m1/s1. The monoisotopic (exact) mass is 292 g/mol. The maximum Gasteiger partial charge on any atom is 0.220 e. The number of carbonyl (C=O) groups excluding carboxylic acids is 2. The summed E-state index contributed by atoms with van der Waals surface area (Å²) < 4.78 is 0. The lowest BCUT2D eigenvalue weighted by atomic mass is 10.1. The van der Waals surface area contributed by atoms with E-state index in [2.05, 4.69) is 10.6 Å². The van der Waals surface area contributed by atoms with Gasteiger partial charge in [-0.3, -0.25) is 9.59 Å². The third kappa shape index (κ3) is 7.46. The van der Waals surface area contributed by atoms with Crippen LogP contribution in [0.4, 0.5) is 0 Å². The highest BCUT2D eigenvalue weighted by atomic mass is 16.3. The predicted molar refractivity (Wildman–Crippen MR) is 81.6 cm³/mol. The van der Waals surface area contributed by atoms with Crippen molar-refractivity contribution < 1.29 is 14.7 Å². The van der Waals surface area contributed by atoms with Crippen LogP contribution in [0.3, 0.4) is 0 Å². The average Bonchev–Trinajstić information content (AvgIpc) is 2.49. The Morgan fingerprint density at radius 1 is 1.14 bits per heavy atom. The minimum Gasteiger partial charge on any atom is -0.394 e. The minimum absolute atomic E-state index is 0.0265. The molecule has 0 saturated heterocycles. The fourth-order valence-corrected chi connectivity index (χ4v) is 2.04. The van der Waals surface area contributed by atoms with Gasteiger partial charge in [0.05, 0.1) is 12.6 Å². The van der Waals surface area contributed by atoms with Crippen LogP contribution in [0, 0.1) is 0 Å². The number of hydrogen-bond donors (Lipinski definition) is 3. The third-order valence-corrected chi connectivity index (χ3v) is 3.17. The van der Waals surface area contributed by atoms with Crippen molar-refractivity contribution >= 4 is 11.8 Å². The Hall–Kier alpha value is -1.88. The summed E-state index contributed by atoms with van der Waals surface area (Å²) in [6.45, 7) is 2.03. The Balaban J connectivity index is 2.21. The van der Waals surface area contributed by atoms with Crippen molar-refractivity contribution in [2.24, 2.45) is 0 Å². The number of rotatable bonds is 9. The molecule has 0 radical (unpaired) electrons. The number of carbonyl (C=O) groups is 2. The zero-order valence-corrected chi connectivity index (χ0v) is 12.5. The summed E-state index contributed by atoms with van der Waals surface area (Å²) in [5.41, 5.74) is 0.902. The Morgan fingerprint density at radius 2 is 1.86 bits per heavy atom. The molecule has 0 aliphatic carbocycles. The average molecular weight is 292 g/mol. The van der Waals surface area contributed by atoms with Gasteiger partial charge < -0.3 is 15.7 Å². The molecule has 0 aromatic heterocycles. The first-order chi connectivity index (χ1) is 10.1. The molecule has 5 heteroatoms. The number of unbranched alkanes of at least 4 members (excludes halogenated alkanes) is 2. The molecule has 3 N–H and O–H groups in total. The van der Waals surface area contributed by atoms with E-state index in [1.54, 1.807) is 0 Å². The van der Waals surface area contributed by atoms with Gasteiger partial charge in [0.1, 0.15) is 0 Å². The zero-order valence-electron chi connectivity index (χ0n) is 12.5. The van der Waals surface area contributed by atoms with Gasteiger partial charge in [0.25, 0.3) is 0 Å². The predicted octanol–water partition coefficient (Wildman–Crippen LogP) is 1.53. The van der Waals surface area contributed by atoms with E-state index in [-0.39, 0.29) is 24.5 Å². The molecule has 1 rings (SSSR count). The lowest BCUT2D eigenvalue weighted by molar-refractivity contribution is -0.122. The van der Waals surface area contributed by atoms with Crippen LogP contribution >= 0.6 is 0 Å². The smallest absolute Gasteiger partial charge is 0.220 e. The van der Waals surface area contributed by atoms with Crippen LogP contribution in [-0.2, 0) is 9.59 Å². The third-order valence-electron chi connectivity index (χ3n) is 3.17. The molecule has 0 aliphatic heterocycles. The maximum atomic E-state index is 11.8. The fourth-order valence-electron chi connectivity index (χ4n) is 2.04. The van der Waals surface area contributed by atoms with Gasteiger partial charge in [-0.25, -0.2) is 0 Å². The van der Waals surface area contributed by atoms with E-state index in [0.717, 1.165) is 24.8 Å². The highest BCUT2D eigenvalue weighted by molar-refractivity contribution is 5.76. The van der Waals surface area contributed by atoms with Crippen molar-refractivity contribution in [3.63, 3.8) is 0 Å². The summed E-state index contributed by atoms with van der Waals surface area (Å²) >= 11 is 0. The van der Waals surface area contributed by atoms with E-state index < -0.39 is 0 Å². The molecule has 2 amide bonds. The molecule has 1 atom stereocenters. The Bertz CT molecular complexity index is 434. The summed E-state index contributed by atoms with van der Waals surface area (Å²) in [7, 11) is 0. The van der Waals surface area contributed by atoms with E-state index >= 15 is 0 Å². The Morgan fingerprint density at radius 3 is 2.48 bits per heavy atom. The summed E-state index contributed by atoms with van der Waals surface area (Å²) in [6.07, 6.45) is 2.97. The second-order valence-electron chi connectivity index (χ2n) is 5.01. The first-order valence-electron chi connectivity index (χ1n) is 7.33. The van der Waals surface area contributed by atoms with E-state index in [9.17, 15) is 14.7 Å². The van der Waals surface area contributed by atoms with Crippen LogP contribution in [0.15, 0.2) is 30.3 Å². The van der Waals surface area contributed by atoms with E-state index in [0.29, 0.717) is 13.0 Å². The van der Waals surface area contributed by atoms with Gasteiger partial charge in [-0.2, -0.15) is 0 Å². The quantitative estimate of drug-likeness (QED) is 0.604. The lowest BCUT2D eigenvalue weighted by Gasteiger charge is -2.16. The molecule has 0 aliphatic rings. The second-order valence-corrected chi connectivity index (χ2v) is 5.01. The number of benzene rings is 1. The summed E-state index contributed by atoms with van der Waals surface area (Å²) in [5, 5.41) is 14.9. The number of aliphatic hydroxyl groups is 1. The number of nitrogens with one attached hydrogen (secondary N) is 2. The zero-order chi connectivity index (χ0) is 15.5. The van der Waals surface area contributed by atoms with Crippen molar-refractivity contribution in [3.05, 3.63) is 35.9 Å². The van der Waals surface area contributed by atoms with E-state index in [1.165, 1.54) is 6.92 Å². The van der Waals surface area contributed by atoms with Crippen LogP contribution in [-0.4, -0.2) is 30.1 Å². The van der Waals surface area contributed by atoms with Gasteiger partial charge in [0, 0.05) is 19.9 Å². The highest BCUT2D eigenvalue weighted by Gasteiger charge is 2.12. The number of hydrogen-bond acceptors (Lipinski definition) is 3. The first-order valence-corrected chi connectivity index (χ1v) is 7.33. The van der Waals surface area contributed by atoms with Crippen molar-refractivity contribution in [1.82, 2.24) is 10.6 Å². The Labute approximate surface area is 125 Å². The van der Waals surface area contributed by atoms with Gasteiger partial charge in [0.2, 0.25) is 11.8 Å². The van der Waals surface area contributed by atoms with E-state index in [1.807, 2.05) is 30.3 Å². The van der Waals surface area contributed by atoms with E-state index in [4.69, 9.17) is 0 Å². The van der Waals surface area contributed by atoms with Crippen LogP contribution in [0.5, 0.6) is 0 Å². The van der Waals surface area contributed by atoms with Crippen molar-refractivity contribution in [2.75, 3.05) is 13.2 Å². The van der Waals surface area contributed by atoms with Gasteiger partial charge in [-0.05, 0) is 18.4 Å². The summed E-state index contributed by atoms with van der Waals surface area (Å²) in [6, 6.07) is 9.08. The molecule has 1 aromatic rings. The number of amides is 2. The topological polar surface area (TPSA) is 78.4 Å². The summed E-state index contributed by atoms with van der Waals surface area (Å²) in [5.74, 6) is -0.0844. The highest BCUT2D eigenvalue weighted by Crippen LogP contribution is 2.12. The fraction of sp³-hybridized carbons (Fsp3) is 0.500. The second kappa shape index (κ2) is 9.94. The van der Waals surface area contributed by atoms with Crippen LogP contribution < -0.4 is 10.6 Å². The molecule has 0 spiro atoms. The molecule has 0 fully saturated rings. The molecular weight excluding hydrogens is 268 g/mol. The molecule has 0 bridgehead atoms. The van der Waals surface area contributed by atoms with Gasteiger partial charge in [0.15, 0.2) is 0 Å². The minimum atomic E-state index is -0.349. The van der Waals surface area contributed by atoms with Crippen LogP contribution in [0.1, 0.15) is 44.2 Å². The van der Waals surface area contributed by atoms with Crippen molar-refractivity contribution in [2.45, 2.75) is 38.6 Å². The normalized spacial score (nSPS) is 11.7. The maximum absolute atomic E-state index is 11.8. The lowest BCUT2D eigenvalue weighted by Crippen LogP contribution is -2.30. The molecule has 21 heavy (non-hydrogen) atoms. The van der Waals surface area contributed by atoms with Crippen molar-refractivity contribution in [1.29, 1.82) is 0 Å². The van der Waals surface area contributed by atoms with Crippen molar-refractivity contribution in [3.8, 4) is 0 Å². The SMILES string of the molecule is CC(=O)NCCCCCC(=O)N[C@H](CO)c1ccccc1. The molecule has 0 saturated carbocycles.